The number of carbonyl (C=O) groups is 1. The van der Waals surface area contributed by atoms with Gasteiger partial charge in [-0.25, -0.2) is 4.39 Å². The molecule has 0 heterocycles. The summed E-state index contributed by atoms with van der Waals surface area (Å²) in [5.74, 6) is -1.20. The van der Waals surface area contributed by atoms with Gasteiger partial charge in [-0.3, -0.25) is 4.79 Å². The average Bonchev–Trinajstić information content (AvgIpc) is 2.47. The molecule has 2 aromatic carbocycles. The van der Waals surface area contributed by atoms with Crippen molar-refractivity contribution in [2.24, 2.45) is 5.16 Å². The summed E-state index contributed by atoms with van der Waals surface area (Å²) < 4.78 is 14.1. The third-order valence-electron chi connectivity index (χ3n) is 2.90. The van der Waals surface area contributed by atoms with Crippen LogP contribution in [-0.4, -0.2) is 16.8 Å². The van der Waals surface area contributed by atoms with E-state index < -0.39 is 11.7 Å². The molecule has 2 aromatic rings. The maximum Gasteiger partial charge on any atom is 0.259 e. The molecular weight excluding hydrogens is 339 g/mol. The number of nitrogens with one attached hydrogen (secondary N) is 1. The molecule has 4 nitrogen and oxygen atoms in total. The van der Waals surface area contributed by atoms with Crippen LogP contribution in [0.1, 0.15) is 22.8 Å². The lowest BCUT2D eigenvalue weighted by molar-refractivity contribution is 0.102. The van der Waals surface area contributed by atoms with Crippen molar-refractivity contribution in [2.45, 2.75) is 6.92 Å². The zero-order valence-corrected chi connectivity index (χ0v) is 12.7. The van der Waals surface area contributed by atoms with Crippen LogP contribution < -0.4 is 5.32 Å². The first kappa shape index (κ1) is 15.2. The van der Waals surface area contributed by atoms with Crippen molar-refractivity contribution >= 4 is 33.2 Å². The number of halogens is 2. The molecule has 108 valence electrons. The number of nitrogens with zero attached hydrogens (tertiary/aromatic N) is 1. The van der Waals surface area contributed by atoms with Gasteiger partial charge in [0.2, 0.25) is 0 Å². The number of rotatable bonds is 3. The molecule has 0 atom stereocenters. The maximum absolute atomic E-state index is 13.8. The zero-order valence-electron chi connectivity index (χ0n) is 11.1. The van der Waals surface area contributed by atoms with Crippen LogP contribution in [0.25, 0.3) is 0 Å². The Bertz CT molecular complexity index is 696. The SMILES string of the molecule is C/C(=N/O)c1ccccc1NC(=O)c1c(F)cccc1Br. The summed E-state index contributed by atoms with van der Waals surface area (Å²) in [4.78, 5) is 12.2. The molecule has 0 aliphatic carbocycles. The Morgan fingerprint density at radius 1 is 1.24 bits per heavy atom. The minimum absolute atomic E-state index is 0.0779. The Balaban J connectivity index is 2.37. The molecule has 0 saturated carbocycles. The zero-order chi connectivity index (χ0) is 15.4. The Morgan fingerprint density at radius 2 is 1.95 bits per heavy atom. The lowest BCUT2D eigenvalue weighted by atomic mass is 10.1. The molecule has 0 bridgehead atoms. The van der Waals surface area contributed by atoms with Gasteiger partial charge in [-0.1, -0.05) is 29.4 Å². The van der Waals surface area contributed by atoms with Crippen molar-refractivity contribution in [1.29, 1.82) is 0 Å². The second kappa shape index (κ2) is 6.49. The highest BCUT2D eigenvalue weighted by Crippen LogP contribution is 2.22. The topological polar surface area (TPSA) is 61.7 Å². The number of hydrogen-bond acceptors (Lipinski definition) is 3. The predicted octanol–water partition coefficient (Wildman–Crippen LogP) is 4.04. The van der Waals surface area contributed by atoms with Crippen LogP contribution in [0.2, 0.25) is 0 Å². The molecule has 0 radical (unpaired) electrons. The van der Waals surface area contributed by atoms with Gasteiger partial charge in [0.1, 0.15) is 5.82 Å². The van der Waals surface area contributed by atoms with Gasteiger partial charge in [-0.05, 0) is 41.1 Å². The molecule has 6 heteroatoms. The normalized spacial score (nSPS) is 11.3. The van der Waals surface area contributed by atoms with Crippen LogP contribution >= 0.6 is 15.9 Å². The summed E-state index contributed by atoms with van der Waals surface area (Å²) in [6.07, 6.45) is 0. The fourth-order valence-electron chi connectivity index (χ4n) is 1.86. The summed E-state index contributed by atoms with van der Waals surface area (Å²) in [6.45, 7) is 1.60. The van der Waals surface area contributed by atoms with E-state index >= 15 is 0 Å². The Morgan fingerprint density at radius 3 is 2.62 bits per heavy atom. The van der Waals surface area contributed by atoms with Gasteiger partial charge in [0.25, 0.3) is 5.91 Å². The molecule has 0 spiro atoms. The molecule has 0 saturated heterocycles. The van der Waals surface area contributed by atoms with Gasteiger partial charge < -0.3 is 10.5 Å². The summed E-state index contributed by atoms with van der Waals surface area (Å²) >= 11 is 3.16. The van der Waals surface area contributed by atoms with E-state index in [2.05, 4.69) is 26.4 Å². The Kier molecular flexibility index (Phi) is 4.70. The second-order valence-electron chi connectivity index (χ2n) is 4.28. The van der Waals surface area contributed by atoms with E-state index in [1.165, 1.54) is 12.1 Å². The molecule has 21 heavy (non-hydrogen) atoms. The Labute approximate surface area is 129 Å². The third kappa shape index (κ3) is 3.28. The number of carbonyl (C=O) groups excluding carboxylic acids is 1. The largest absolute Gasteiger partial charge is 0.411 e. The van der Waals surface area contributed by atoms with E-state index in [1.807, 2.05) is 0 Å². The van der Waals surface area contributed by atoms with Crippen molar-refractivity contribution < 1.29 is 14.4 Å². The van der Waals surface area contributed by atoms with Crippen LogP contribution in [0, 0.1) is 5.82 Å². The van der Waals surface area contributed by atoms with Crippen molar-refractivity contribution in [3.8, 4) is 0 Å². The fourth-order valence-corrected chi connectivity index (χ4v) is 2.38. The smallest absolute Gasteiger partial charge is 0.259 e. The molecule has 0 aliphatic rings. The summed E-state index contributed by atoms with van der Waals surface area (Å²) in [6, 6.07) is 11.1. The summed E-state index contributed by atoms with van der Waals surface area (Å²) in [7, 11) is 0. The molecule has 0 fully saturated rings. The first-order valence-electron chi connectivity index (χ1n) is 6.08. The van der Waals surface area contributed by atoms with Crippen LogP contribution in [-0.2, 0) is 0 Å². The van der Waals surface area contributed by atoms with E-state index in [0.29, 0.717) is 21.4 Å². The standard InChI is InChI=1S/C15H12BrFN2O2/c1-9(19-21)10-5-2-3-8-13(10)18-15(20)14-11(16)6-4-7-12(14)17/h2-8,21H,1H3,(H,18,20)/b19-9-. The number of anilines is 1. The van der Waals surface area contributed by atoms with Crippen molar-refractivity contribution in [2.75, 3.05) is 5.32 Å². The van der Waals surface area contributed by atoms with E-state index in [4.69, 9.17) is 5.21 Å². The highest BCUT2D eigenvalue weighted by Gasteiger charge is 2.17. The first-order chi connectivity index (χ1) is 10.0. The third-order valence-corrected chi connectivity index (χ3v) is 3.57. The molecule has 2 rings (SSSR count). The minimum atomic E-state index is -0.619. The van der Waals surface area contributed by atoms with Crippen molar-refractivity contribution in [3.63, 3.8) is 0 Å². The molecule has 2 N–H and O–H groups in total. The monoisotopic (exact) mass is 350 g/mol. The molecule has 0 unspecified atom stereocenters. The summed E-state index contributed by atoms with van der Waals surface area (Å²) in [5, 5.41) is 14.6. The van der Waals surface area contributed by atoms with Gasteiger partial charge in [0.15, 0.2) is 0 Å². The number of amides is 1. The molecule has 0 aromatic heterocycles. The van der Waals surface area contributed by atoms with E-state index in [1.54, 1.807) is 37.3 Å². The fraction of sp³-hybridized carbons (Fsp3) is 0.0667. The van der Waals surface area contributed by atoms with Gasteiger partial charge in [0.05, 0.1) is 17.0 Å². The second-order valence-corrected chi connectivity index (χ2v) is 5.14. The van der Waals surface area contributed by atoms with Crippen LogP contribution in [0.3, 0.4) is 0 Å². The molecular formula is C15H12BrFN2O2. The van der Waals surface area contributed by atoms with Crippen molar-refractivity contribution in [1.82, 2.24) is 0 Å². The number of hydrogen-bond donors (Lipinski definition) is 2. The quantitative estimate of drug-likeness (QED) is 0.498. The first-order valence-corrected chi connectivity index (χ1v) is 6.87. The van der Waals surface area contributed by atoms with E-state index in [0.717, 1.165) is 0 Å². The highest BCUT2D eigenvalue weighted by atomic mass is 79.9. The average molecular weight is 351 g/mol. The van der Waals surface area contributed by atoms with E-state index in [-0.39, 0.29) is 5.56 Å². The van der Waals surface area contributed by atoms with Gasteiger partial charge >= 0.3 is 0 Å². The van der Waals surface area contributed by atoms with Gasteiger partial charge in [-0.15, -0.1) is 0 Å². The number of benzene rings is 2. The van der Waals surface area contributed by atoms with Gasteiger partial charge in [-0.2, -0.15) is 0 Å². The maximum atomic E-state index is 13.8. The Hall–Kier alpha value is -2.21. The van der Waals surface area contributed by atoms with Crippen LogP contribution in [0.15, 0.2) is 52.1 Å². The molecule has 1 amide bonds. The van der Waals surface area contributed by atoms with E-state index in [9.17, 15) is 9.18 Å². The van der Waals surface area contributed by atoms with Crippen LogP contribution in [0.5, 0.6) is 0 Å². The predicted molar refractivity (Wildman–Crippen MR) is 82.5 cm³/mol. The molecule has 0 aliphatic heterocycles. The van der Waals surface area contributed by atoms with Gasteiger partial charge in [0, 0.05) is 10.0 Å². The highest BCUT2D eigenvalue weighted by molar-refractivity contribution is 9.10. The number of oxime groups is 1. The van der Waals surface area contributed by atoms with Crippen LogP contribution in [0.4, 0.5) is 10.1 Å². The summed E-state index contributed by atoms with van der Waals surface area (Å²) in [5.41, 5.74) is 1.26. The minimum Gasteiger partial charge on any atom is -0.411 e. The lowest BCUT2D eigenvalue weighted by Gasteiger charge is -2.11. The number of para-hydroxylation sites is 1. The lowest BCUT2D eigenvalue weighted by Crippen LogP contribution is -2.16. The van der Waals surface area contributed by atoms with Crippen molar-refractivity contribution in [3.05, 3.63) is 63.9 Å².